The fourth-order valence-corrected chi connectivity index (χ4v) is 3.81. The number of ether oxygens (including phenoxy) is 2. The first-order valence-corrected chi connectivity index (χ1v) is 11.1. The molecule has 3 N–H and O–H groups in total. The molecule has 0 aliphatic carbocycles. The lowest BCUT2D eigenvalue weighted by atomic mass is 9.90. The number of rotatable bonds is 10. The van der Waals surface area contributed by atoms with Gasteiger partial charge in [0, 0.05) is 33.1 Å². The summed E-state index contributed by atoms with van der Waals surface area (Å²) in [5.41, 5.74) is 0.869. The maximum absolute atomic E-state index is 11.1. The molecular weight excluding hydrogens is 408 g/mol. The van der Waals surface area contributed by atoms with Crippen molar-refractivity contribution < 1.29 is 24.5 Å². The van der Waals surface area contributed by atoms with Crippen molar-refractivity contribution in [2.75, 3.05) is 32.8 Å². The number of aryl methyl sites for hydroxylation is 1. The lowest BCUT2D eigenvalue weighted by Gasteiger charge is -2.42. The molecule has 1 amide bonds. The molecule has 0 aromatic heterocycles. The van der Waals surface area contributed by atoms with E-state index in [1.165, 1.54) is 6.92 Å². The number of β-amino-alcohol motifs (C(OH)–C–C–N with tert-alkyl or cyclic N) is 1. The number of aliphatic hydroxyl groups excluding tert-OH is 1. The molecule has 0 bridgehead atoms. The van der Waals surface area contributed by atoms with Crippen LogP contribution in [0, 0.1) is 6.92 Å². The van der Waals surface area contributed by atoms with Crippen LogP contribution in [-0.4, -0.2) is 65.6 Å². The number of carbonyl (C=O) groups is 1. The third kappa shape index (κ3) is 7.22. The lowest BCUT2D eigenvalue weighted by Crippen LogP contribution is -2.59. The van der Waals surface area contributed by atoms with Gasteiger partial charge in [-0.05, 0) is 55.2 Å². The van der Waals surface area contributed by atoms with E-state index in [4.69, 9.17) is 9.47 Å². The summed E-state index contributed by atoms with van der Waals surface area (Å²) in [6.45, 7) is 6.38. The number of amides is 1. The molecule has 0 spiro atoms. The van der Waals surface area contributed by atoms with Gasteiger partial charge in [-0.1, -0.05) is 24.3 Å². The molecule has 1 saturated heterocycles. The Labute approximate surface area is 190 Å². The van der Waals surface area contributed by atoms with E-state index in [1.807, 2.05) is 55.5 Å². The summed E-state index contributed by atoms with van der Waals surface area (Å²) in [5, 5.41) is 24.3. The van der Waals surface area contributed by atoms with Gasteiger partial charge in [-0.25, -0.2) is 0 Å². The number of aliphatic hydroxyl groups is 2. The number of nitrogens with one attached hydrogen (secondary N) is 1. The first kappa shape index (κ1) is 24.0. The summed E-state index contributed by atoms with van der Waals surface area (Å²) in [6, 6.07) is 15.5. The Morgan fingerprint density at radius 2 is 1.97 bits per heavy atom. The van der Waals surface area contributed by atoms with Crippen molar-refractivity contribution >= 4 is 5.91 Å². The third-order valence-corrected chi connectivity index (χ3v) is 5.61. The summed E-state index contributed by atoms with van der Waals surface area (Å²) >= 11 is 0. The molecule has 2 atom stereocenters. The Kier molecular flexibility index (Phi) is 8.50. The lowest BCUT2D eigenvalue weighted by molar-refractivity contribution is -0.140. The zero-order chi connectivity index (χ0) is 23.0. The Hall–Kier alpha value is -2.61. The summed E-state index contributed by atoms with van der Waals surface area (Å²) < 4.78 is 11.5. The highest BCUT2D eigenvalue weighted by Gasteiger charge is 2.42. The van der Waals surface area contributed by atoms with Crippen molar-refractivity contribution in [2.24, 2.45) is 0 Å². The van der Waals surface area contributed by atoms with Gasteiger partial charge in [0.15, 0.2) is 0 Å². The van der Waals surface area contributed by atoms with Crippen LogP contribution in [0.4, 0.5) is 0 Å². The molecule has 1 aliphatic heterocycles. The van der Waals surface area contributed by atoms with Gasteiger partial charge in [0.2, 0.25) is 5.91 Å². The monoisotopic (exact) mass is 442 g/mol. The average molecular weight is 443 g/mol. The van der Waals surface area contributed by atoms with E-state index in [1.54, 1.807) is 0 Å². The Morgan fingerprint density at radius 1 is 1.19 bits per heavy atom. The molecule has 174 valence electrons. The van der Waals surface area contributed by atoms with Crippen LogP contribution in [0.5, 0.6) is 11.5 Å². The van der Waals surface area contributed by atoms with Gasteiger partial charge in [-0.15, -0.1) is 0 Å². The van der Waals surface area contributed by atoms with Crippen LogP contribution in [-0.2, 0) is 11.3 Å². The van der Waals surface area contributed by atoms with Crippen molar-refractivity contribution in [1.29, 1.82) is 0 Å². The number of hydrogen-bond donors (Lipinski definition) is 3. The summed E-state index contributed by atoms with van der Waals surface area (Å²) in [7, 11) is 0. The van der Waals surface area contributed by atoms with Crippen molar-refractivity contribution in [3.63, 3.8) is 0 Å². The summed E-state index contributed by atoms with van der Waals surface area (Å²) in [5.74, 6) is 1.44. The Morgan fingerprint density at radius 3 is 2.69 bits per heavy atom. The number of benzene rings is 2. The van der Waals surface area contributed by atoms with Gasteiger partial charge in [0.25, 0.3) is 0 Å². The van der Waals surface area contributed by atoms with E-state index in [-0.39, 0.29) is 12.5 Å². The normalized spacial score (nSPS) is 21.2. The van der Waals surface area contributed by atoms with Gasteiger partial charge in [0.1, 0.15) is 23.7 Å². The van der Waals surface area contributed by atoms with E-state index in [0.29, 0.717) is 45.0 Å². The minimum Gasteiger partial charge on any atom is -0.494 e. The van der Waals surface area contributed by atoms with Gasteiger partial charge < -0.3 is 25.0 Å². The standard InChI is InChI=1S/C25H34N2O5/c1-19-5-3-6-23(15-19)32-18-25(30)17-27(13-11-24(25)29)16-21-7-9-22(10-8-21)31-14-4-12-26-20(2)28/h3,5-10,15,24,29-30H,4,11-14,16-18H2,1-2H3,(H,26,28)/t24-,25-/m0/s1. The molecule has 1 fully saturated rings. The fraction of sp³-hybridized carbons (Fsp3) is 0.480. The minimum atomic E-state index is -1.32. The van der Waals surface area contributed by atoms with Gasteiger partial charge >= 0.3 is 0 Å². The maximum atomic E-state index is 11.1. The Balaban J connectivity index is 1.48. The van der Waals surface area contributed by atoms with Crippen LogP contribution in [0.15, 0.2) is 48.5 Å². The smallest absolute Gasteiger partial charge is 0.216 e. The molecule has 7 heteroatoms. The molecule has 7 nitrogen and oxygen atoms in total. The van der Waals surface area contributed by atoms with Crippen molar-refractivity contribution in [1.82, 2.24) is 10.2 Å². The quantitative estimate of drug-likeness (QED) is 0.489. The van der Waals surface area contributed by atoms with Crippen LogP contribution < -0.4 is 14.8 Å². The van der Waals surface area contributed by atoms with Crippen LogP contribution in [0.1, 0.15) is 30.9 Å². The van der Waals surface area contributed by atoms with Crippen molar-refractivity contribution in [2.45, 2.75) is 44.9 Å². The molecule has 0 saturated carbocycles. The van der Waals surface area contributed by atoms with E-state index in [0.717, 1.165) is 23.3 Å². The number of nitrogens with zero attached hydrogens (tertiary/aromatic N) is 1. The molecule has 0 radical (unpaired) electrons. The highest BCUT2D eigenvalue weighted by atomic mass is 16.5. The van der Waals surface area contributed by atoms with Gasteiger partial charge in [-0.3, -0.25) is 9.69 Å². The molecule has 1 heterocycles. The summed E-state index contributed by atoms with van der Waals surface area (Å²) in [6.07, 6.45) is 0.418. The minimum absolute atomic E-state index is 0.0341. The van der Waals surface area contributed by atoms with E-state index >= 15 is 0 Å². The number of carbonyl (C=O) groups excluding carboxylic acids is 1. The zero-order valence-corrected chi connectivity index (χ0v) is 18.9. The second-order valence-electron chi connectivity index (χ2n) is 8.55. The fourth-order valence-electron chi connectivity index (χ4n) is 3.81. The van der Waals surface area contributed by atoms with E-state index in [2.05, 4.69) is 10.2 Å². The van der Waals surface area contributed by atoms with Crippen LogP contribution >= 0.6 is 0 Å². The summed E-state index contributed by atoms with van der Waals surface area (Å²) in [4.78, 5) is 13.0. The van der Waals surface area contributed by atoms with Crippen LogP contribution in [0.25, 0.3) is 0 Å². The SMILES string of the molecule is CC(=O)NCCCOc1ccc(CN2CC[C@H](O)[C@@](O)(COc3cccc(C)c3)C2)cc1. The average Bonchev–Trinajstić information content (AvgIpc) is 2.76. The topological polar surface area (TPSA) is 91.3 Å². The van der Waals surface area contributed by atoms with E-state index in [9.17, 15) is 15.0 Å². The van der Waals surface area contributed by atoms with E-state index < -0.39 is 11.7 Å². The van der Waals surface area contributed by atoms with Gasteiger partial charge in [0.05, 0.1) is 12.7 Å². The second-order valence-corrected chi connectivity index (χ2v) is 8.55. The molecule has 1 aliphatic rings. The second kappa shape index (κ2) is 11.3. The number of likely N-dealkylation sites (tertiary alicyclic amines) is 1. The van der Waals surface area contributed by atoms with Crippen molar-refractivity contribution in [3.8, 4) is 11.5 Å². The predicted molar refractivity (Wildman–Crippen MR) is 123 cm³/mol. The Bertz CT molecular complexity index is 873. The number of piperidine rings is 1. The maximum Gasteiger partial charge on any atom is 0.216 e. The molecular formula is C25H34N2O5. The predicted octanol–water partition coefficient (Wildman–Crippen LogP) is 2.28. The first-order chi connectivity index (χ1) is 15.3. The molecule has 32 heavy (non-hydrogen) atoms. The molecule has 3 rings (SSSR count). The van der Waals surface area contributed by atoms with Gasteiger partial charge in [-0.2, -0.15) is 0 Å². The molecule has 2 aromatic carbocycles. The zero-order valence-electron chi connectivity index (χ0n) is 18.9. The molecule has 0 unspecified atom stereocenters. The van der Waals surface area contributed by atoms with Crippen LogP contribution in [0.3, 0.4) is 0 Å². The highest BCUT2D eigenvalue weighted by molar-refractivity contribution is 5.72. The molecule has 2 aromatic rings. The first-order valence-electron chi connectivity index (χ1n) is 11.1. The highest BCUT2D eigenvalue weighted by Crippen LogP contribution is 2.25. The number of hydrogen-bond acceptors (Lipinski definition) is 6. The van der Waals surface area contributed by atoms with Crippen LogP contribution in [0.2, 0.25) is 0 Å². The van der Waals surface area contributed by atoms with Crippen molar-refractivity contribution in [3.05, 3.63) is 59.7 Å². The largest absolute Gasteiger partial charge is 0.494 e. The third-order valence-electron chi connectivity index (χ3n) is 5.61.